The van der Waals surface area contributed by atoms with Gasteiger partial charge >= 0.3 is 6.09 Å². The Kier molecular flexibility index (Phi) is 9.72. The first-order valence-corrected chi connectivity index (χ1v) is 11.9. The normalized spacial score (nSPS) is 22.5. The summed E-state index contributed by atoms with van der Waals surface area (Å²) < 4.78 is 5.54. The second-order valence-corrected chi connectivity index (χ2v) is 10.0. The molecule has 174 valence electrons. The fourth-order valence-corrected chi connectivity index (χ4v) is 4.58. The number of nitrogens with zero attached hydrogens (tertiary/aromatic N) is 2. The fourth-order valence-electron chi connectivity index (χ4n) is 4.58. The molecule has 0 aromatic heterocycles. The summed E-state index contributed by atoms with van der Waals surface area (Å²) in [7, 11) is 0. The molecule has 1 aliphatic carbocycles. The summed E-state index contributed by atoms with van der Waals surface area (Å²) >= 11 is 0. The van der Waals surface area contributed by atoms with Crippen LogP contribution in [0.4, 0.5) is 4.79 Å². The second kappa shape index (κ2) is 11.8. The summed E-state index contributed by atoms with van der Waals surface area (Å²) in [6.45, 7) is 11.9. The number of piperidine rings is 1. The van der Waals surface area contributed by atoms with Crippen LogP contribution >= 0.6 is 0 Å². The molecule has 1 atom stereocenters. The molecule has 0 bridgehead atoms. The van der Waals surface area contributed by atoms with Gasteiger partial charge in [-0.2, -0.15) is 0 Å². The number of aliphatic imine (C=N–C) groups is 1. The number of carbonyl (C=O) groups excluding carboxylic acids is 1. The minimum absolute atomic E-state index is 0.147. The van der Waals surface area contributed by atoms with E-state index in [4.69, 9.17) is 9.73 Å². The van der Waals surface area contributed by atoms with Crippen LogP contribution in [0.3, 0.4) is 0 Å². The molecular formula is C23H44N4O3. The third-order valence-electron chi connectivity index (χ3n) is 6.20. The van der Waals surface area contributed by atoms with Crippen molar-refractivity contribution in [3.63, 3.8) is 0 Å². The van der Waals surface area contributed by atoms with Crippen molar-refractivity contribution >= 4 is 12.1 Å². The highest BCUT2D eigenvalue weighted by molar-refractivity contribution is 5.79. The van der Waals surface area contributed by atoms with Gasteiger partial charge in [0, 0.05) is 39.3 Å². The zero-order valence-electron chi connectivity index (χ0n) is 19.6. The van der Waals surface area contributed by atoms with Crippen LogP contribution in [0.15, 0.2) is 4.99 Å². The minimum atomic E-state index is -0.462. The van der Waals surface area contributed by atoms with E-state index in [1.54, 1.807) is 0 Å². The van der Waals surface area contributed by atoms with E-state index in [9.17, 15) is 9.90 Å². The first-order chi connectivity index (χ1) is 14.3. The van der Waals surface area contributed by atoms with Gasteiger partial charge in [-0.05, 0) is 71.1 Å². The van der Waals surface area contributed by atoms with Gasteiger partial charge in [-0.25, -0.2) is 4.79 Å². The maximum absolute atomic E-state index is 12.4. The summed E-state index contributed by atoms with van der Waals surface area (Å²) in [5.74, 6) is 1.23. The van der Waals surface area contributed by atoms with Crippen molar-refractivity contribution in [2.45, 2.75) is 84.7 Å². The average molecular weight is 425 g/mol. The molecule has 1 unspecified atom stereocenters. The third-order valence-corrected chi connectivity index (χ3v) is 6.20. The van der Waals surface area contributed by atoms with Crippen LogP contribution in [0, 0.1) is 11.3 Å². The second-order valence-electron chi connectivity index (χ2n) is 10.0. The maximum atomic E-state index is 12.4. The molecular weight excluding hydrogens is 380 g/mol. The van der Waals surface area contributed by atoms with E-state index in [0.29, 0.717) is 5.92 Å². The van der Waals surface area contributed by atoms with Crippen LogP contribution in [0.5, 0.6) is 0 Å². The largest absolute Gasteiger partial charge is 0.444 e. The lowest BCUT2D eigenvalue weighted by atomic mass is 9.72. The van der Waals surface area contributed by atoms with Crippen LogP contribution < -0.4 is 10.6 Å². The number of ether oxygens (including phenoxy) is 1. The summed E-state index contributed by atoms with van der Waals surface area (Å²) in [5, 5.41) is 16.4. The van der Waals surface area contributed by atoms with Gasteiger partial charge in [-0.3, -0.25) is 4.99 Å². The molecule has 2 rings (SSSR count). The molecule has 7 heteroatoms. The number of nitrogens with one attached hydrogen (secondary N) is 2. The molecule has 7 nitrogen and oxygen atoms in total. The van der Waals surface area contributed by atoms with Gasteiger partial charge in [-0.15, -0.1) is 0 Å². The number of aliphatic hydroxyl groups is 1. The van der Waals surface area contributed by atoms with Crippen molar-refractivity contribution in [1.29, 1.82) is 0 Å². The summed E-state index contributed by atoms with van der Waals surface area (Å²) in [6, 6.07) is 0. The lowest BCUT2D eigenvalue weighted by Gasteiger charge is -2.36. The number of hydrogen-bond acceptors (Lipinski definition) is 4. The molecule has 1 aliphatic heterocycles. The Morgan fingerprint density at radius 3 is 2.57 bits per heavy atom. The Bertz CT molecular complexity index is 548. The molecule has 1 saturated carbocycles. The first kappa shape index (κ1) is 24.8. The molecule has 1 heterocycles. The Balaban J connectivity index is 1.90. The van der Waals surface area contributed by atoms with Crippen LogP contribution in [-0.2, 0) is 4.74 Å². The quantitative estimate of drug-likeness (QED) is 0.430. The molecule has 0 radical (unpaired) electrons. The molecule has 2 aliphatic rings. The van der Waals surface area contributed by atoms with Crippen molar-refractivity contribution in [2.75, 3.05) is 39.3 Å². The minimum Gasteiger partial charge on any atom is -0.444 e. The molecule has 30 heavy (non-hydrogen) atoms. The predicted octanol–water partition coefficient (Wildman–Crippen LogP) is 3.52. The molecule has 0 spiro atoms. The summed E-state index contributed by atoms with van der Waals surface area (Å²) in [5.41, 5.74) is -0.315. The predicted molar refractivity (Wildman–Crippen MR) is 122 cm³/mol. The highest BCUT2D eigenvalue weighted by Gasteiger charge is 2.31. The fraction of sp³-hybridized carbons (Fsp3) is 0.913. The Morgan fingerprint density at radius 2 is 1.93 bits per heavy atom. The number of aliphatic hydroxyl groups excluding tert-OH is 1. The zero-order chi connectivity index (χ0) is 22.0. The average Bonchev–Trinajstić information content (AvgIpc) is 2.70. The number of rotatable bonds is 7. The van der Waals surface area contributed by atoms with Gasteiger partial charge in [0.05, 0.1) is 0 Å². The third kappa shape index (κ3) is 8.32. The van der Waals surface area contributed by atoms with Gasteiger partial charge in [0.2, 0.25) is 0 Å². The number of hydrogen-bond donors (Lipinski definition) is 3. The van der Waals surface area contributed by atoms with Crippen molar-refractivity contribution in [1.82, 2.24) is 15.5 Å². The Hall–Kier alpha value is -1.50. The van der Waals surface area contributed by atoms with Crippen LogP contribution in [-0.4, -0.2) is 67.0 Å². The number of likely N-dealkylation sites (tertiary alicyclic amines) is 1. The van der Waals surface area contributed by atoms with Crippen LogP contribution in [0.1, 0.15) is 79.1 Å². The highest BCUT2D eigenvalue weighted by Crippen LogP contribution is 2.39. The van der Waals surface area contributed by atoms with E-state index in [2.05, 4.69) is 17.6 Å². The van der Waals surface area contributed by atoms with E-state index in [-0.39, 0.29) is 18.1 Å². The SMILES string of the molecule is CCNC(=NCC1(CCO)CCCCC1)NCC1CCCN(C(=O)OC(C)(C)C)C1. The topological polar surface area (TPSA) is 86.2 Å². The van der Waals surface area contributed by atoms with E-state index in [0.717, 1.165) is 70.8 Å². The highest BCUT2D eigenvalue weighted by atomic mass is 16.6. The van der Waals surface area contributed by atoms with Crippen LogP contribution in [0.25, 0.3) is 0 Å². The van der Waals surface area contributed by atoms with E-state index < -0.39 is 5.60 Å². The van der Waals surface area contributed by atoms with Gasteiger partial charge in [-0.1, -0.05) is 19.3 Å². The number of guanidine groups is 1. The summed E-state index contributed by atoms with van der Waals surface area (Å²) in [4.78, 5) is 19.1. The molecule has 2 fully saturated rings. The molecule has 1 saturated heterocycles. The standard InChI is InChI=1S/C23H44N4O3/c1-5-24-20(26-18-23(13-15-28)11-7-6-8-12-23)25-16-19-10-9-14-27(17-19)21(29)30-22(2,3)4/h19,28H,5-18H2,1-4H3,(H2,24,25,26). The molecule has 0 aromatic carbocycles. The summed E-state index contributed by atoms with van der Waals surface area (Å²) in [6.07, 6.45) is 8.81. The Labute approximate surface area is 183 Å². The molecule has 3 N–H and O–H groups in total. The van der Waals surface area contributed by atoms with Gasteiger partial charge in [0.1, 0.15) is 5.60 Å². The molecule has 1 amide bonds. The Morgan fingerprint density at radius 1 is 1.20 bits per heavy atom. The van der Waals surface area contributed by atoms with E-state index in [1.807, 2.05) is 25.7 Å². The lowest BCUT2D eigenvalue weighted by Crippen LogP contribution is -2.47. The molecule has 0 aromatic rings. The number of carbonyl (C=O) groups is 1. The van der Waals surface area contributed by atoms with E-state index >= 15 is 0 Å². The van der Waals surface area contributed by atoms with Crippen molar-refractivity contribution < 1.29 is 14.6 Å². The first-order valence-electron chi connectivity index (χ1n) is 11.9. The lowest BCUT2D eigenvalue weighted by molar-refractivity contribution is 0.0168. The maximum Gasteiger partial charge on any atom is 0.410 e. The van der Waals surface area contributed by atoms with Crippen molar-refractivity contribution in [2.24, 2.45) is 16.3 Å². The van der Waals surface area contributed by atoms with Crippen molar-refractivity contribution in [3.05, 3.63) is 0 Å². The van der Waals surface area contributed by atoms with Gasteiger partial charge in [0.25, 0.3) is 0 Å². The number of amides is 1. The van der Waals surface area contributed by atoms with Gasteiger partial charge < -0.3 is 25.4 Å². The van der Waals surface area contributed by atoms with Crippen LogP contribution in [0.2, 0.25) is 0 Å². The smallest absolute Gasteiger partial charge is 0.410 e. The van der Waals surface area contributed by atoms with Gasteiger partial charge in [0.15, 0.2) is 5.96 Å². The van der Waals surface area contributed by atoms with E-state index in [1.165, 1.54) is 19.3 Å². The monoisotopic (exact) mass is 424 g/mol. The zero-order valence-corrected chi connectivity index (χ0v) is 19.6. The van der Waals surface area contributed by atoms with Crippen molar-refractivity contribution in [3.8, 4) is 0 Å².